The molecule has 1 aromatic carbocycles. The predicted molar refractivity (Wildman–Crippen MR) is 105 cm³/mol. The molecule has 29 heavy (non-hydrogen) atoms. The molecule has 142 valence electrons. The smallest absolute Gasteiger partial charge is 0.259 e. The van der Waals surface area contributed by atoms with Crippen molar-refractivity contribution in [3.63, 3.8) is 0 Å². The second kappa shape index (κ2) is 7.53. The van der Waals surface area contributed by atoms with Gasteiger partial charge in [0.25, 0.3) is 5.91 Å². The van der Waals surface area contributed by atoms with Crippen LogP contribution in [0, 0.1) is 18.3 Å². The van der Waals surface area contributed by atoms with Crippen molar-refractivity contribution in [3.8, 4) is 17.6 Å². The molecule has 0 radical (unpaired) electrons. The van der Waals surface area contributed by atoms with E-state index in [1.54, 1.807) is 41.9 Å². The highest BCUT2D eigenvalue weighted by atomic mass is 35.5. The Balaban J connectivity index is 1.55. The average Bonchev–Trinajstić information content (AvgIpc) is 3.38. The van der Waals surface area contributed by atoms with Crippen LogP contribution >= 0.6 is 11.6 Å². The summed E-state index contributed by atoms with van der Waals surface area (Å²) in [6.07, 6.45) is 5.99. The largest absolute Gasteiger partial charge is 0.320 e. The molecule has 0 fully saturated rings. The van der Waals surface area contributed by atoms with E-state index in [9.17, 15) is 4.79 Å². The van der Waals surface area contributed by atoms with E-state index in [1.807, 2.05) is 0 Å². The fourth-order valence-electron chi connectivity index (χ4n) is 2.74. The summed E-state index contributed by atoms with van der Waals surface area (Å²) in [5, 5.41) is 24.2. The third-order valence-corrected chi connectivity index (χ3v) is 4.46. The fourth-order valence-corrected chi connectivity index (χ4v) is 2.98. The Hall–Kier alpha value is -4.03. The second-order valence-corrected chi connectivity index (χ2v) is 6.42. The van der Waals surface area contributed by atoms with Gasteiger partial charge in [-0.2, -0.15) is 20.6 Å². The molecule has 4 rings (SSSR count). The van der Waals surface area contributed by atoms with Gasteiger partial charge in [0.1, 0.15) is 0 Å². The summed E-state index contributed by atoms with van der Waals surface area (Å²) >= 11 is 6.24. The quantitative estimate of drug-likeness (QED) is 0.559. The first-order valence-corrected chi connectivity index (χ1v) is 8.83. The molecule has 3 aromatic heterocycles. The zero-order chi connectivity index (χ0) is 20.4. The molecule has 0 bridgehead atoms. The van der Waals surface area contributed by atoms with Gasteiger partial charge in [-0.3, -0.25) is 4.79 Å². The Labute approximate surface area is 170 Å². The molecular formula is C19H13ClN8O. The minimum Gasteiger partial charge on any atom is -0.320 e. The fraction of sp³-hybridized carbons (Fsp3) is 0.0526. The van der Waals surface area contributed by atoms with Gasteiger partial charge in [0.2, 0.25) is 0 Å². The highest BCUT2D eigenvalue weighted by Crippen LogP contribution is 2.22. The molecule has 1 amide bonds. The minimum atomic E-state index is -0.342. The molecule has 4 aromatic rings. The SMILES string of the molecule is Cc1c(C(=O)Nc2cnc(-n3nccn3)c(Cl)c2)cnn1-c1ccc(C#N)cc1. The van der Waals surface area contributed by atoms with Gasteiger partial charge in [0, 0.05) is 0 Å². The monoisotopic (exact) mass is 404 g/mol. The number of nitriles is 1. The van der Waals surface area contributed by atoms with Crippen LogP contribution < -0.4 is 5.32 Å². The van der Waals surface area contributed by atoms with E-state index in [1.165, 1.54) is 29.6 Å². The Morgan fingerprint density at radius 1 is 1.14 bits per heavy atom. The molecule has 0 aliphatic rings. The van der Waals surface area contributed by atoms with Crippen molar-refractivity contribution in [3.05, 3.63) is 77.0 Å². The van der Waals surface area contributed by atoms with Crippen molar-refractivity contribution in [1.29, 1.82) is 5.26 Å². The molecule has 0 saturated carbocycles. The van der Waals surface area contributed by atoms with E-state index < -0.39 is 0 Å². The van der Waals surface area contributed by atoms with Crippen molar-refractivity contribution in [1.82, 2.24) is 29.8 Å². The lowest BCUT2D eigenvalue weighted by molar-refractivity contribution is 0.102. The number of benzene rings is 1. The molecule has 3 heterocycles. The lowest BCUT2D eigenvalue weighted by atomic mass is 10.2. The van der Waals surface area contributed by atoms with Gasteiger partial charge in [0.15, 0.2) is 5.82 Å². The normalized spacial score (nSPS) is 10.5. The number of carbonyl (C=O) groups is 1. The highest BCUT2D eigenvalue weighted by molar-refractivity contribution is 6.32. The van der Waals surface area contributed by atoms with E-state index in [-0.39, 0.29) is 5.91 Å². The molecule has 1 N–H and O–H groups in total. The van der Waals surface area contributed by atoms with Gasteiger partial charge in [0.05, 0.1) is 64.1 Å². The highest BCUT2D eigenvalue weighted by Gasteiger charge is 2.16. The third kappa shape index (κ3) is 3.56. The minimum absolute atomic E-state index is 0.295. The van der Waals surface area contributed by atoms with Crippen LogP contribution in [0.5, 0.6) is 0 Å². The summed E-state index contributed by atoms with van der Waals surface area (Å²) < 4.78 is 1.63. The molecule has 0 spiro atoms. The maximum atomic E-state index is 12.7. The lowest BCUT2D eigenvalue weighted by Gasteiger charge is -2.08. The molecule has 0 aliphatic heterocycles. The number of aromatic nitrogens is 6. The van der Waals surface area contributed by atoms with Gasteiger partial charge in [-0.1, -0.05) is 11.6 Å². The first-order chi connectivity index (χ1) is 14.1. The van der Waals surface area contributed by atoms with E-state index >= 15 is 0 Å². The summed E-state index contributed by atoms with van der Waals surface area (Å²) in [6, 6.07) is 10.6. The van der Waals surface area contributed by atoms with Crippen molar-refractivity contribution < 1.29 is 4.79 Å². The number of halogens is 1. The molecule has 9 nitrogen and oxygen atoms in total. The first kappa shape index (κ1) is 18.3. The van der Waals surface area contributed by atoms with Crippen molar-refractivity contribution in [2.75, 3.05) is 5.32 Å². The molecule has 0 aliphatic carbocycles. The first-order valence-electron chi connectivity index (χ1n) is 8.45. The van der Waals surface area contributed by atoms with Gasteiger partial charge >= 0.3 is 0 Å². The zero-order valence-corrected chi connectivity index (χ0v) is 15.9. The number of rotatable bonds is 4. The number of nitrogens with zero attached hydrogens (tertiary/aromatic N) is 7. The Kier molecular flexibility index (Phi) is 4.76. The number of pyridine rings is 1. The summed E-state index contributed by atoms with van der Waals surface area (Å²) in [6.45, 7) is 1.79. The van der Waals surface area contributed by atoms with E-state index in [2.05, 4.69) is 31.7 Å². The number of nitrogens with one attached hydrogen (secondary N) is 1. The van der Waals surface area contributed by atoms with Crippen LogP contribution in [0.4, 0.5) is 5.69 Å². The van der Waals surface area contributed by atoms with Crippen LogP contribution in [0.3, 0.4) is 0 Å². The Bertz CT molecular complexity index is 1220. The van der Waals surface area contributed by atoms with Crippen LogP contribution in [-0.4, -0.2) is 35.7 Å². The lowest BCUT2D eigenvalue weighted by Crippen LogP contribution is -2.14. The van der Waals surface area contributed by atoms with Gasteiger partial charge < -0.3 is 5.32 Å². The van der Waals surface area contributed by atoms with E-state index in [0.29, 0.717) is 33.3 Å². The number of hydrogen-bond donors (Lipinski definition) is 1. The van der Waals surface area contributed by atoms with Gasteiger partial charge in [-0.15, -0.1) is 4.80 Å². The van der Waals surface area contributed by atoms with Crippen molar-refractivity contribution in [2.45, 2.75) is 6.92 Å². The number of carbonyl (C=O) groups excluding carboxylic acids is 1. The van der Waals surface area contributed by atoms with Crippen LogP contribution in [-0.2, 0) is 0 Å². The summed E-state index contributed by atoms with van der Waals surface area (Å²) in [4.78, 5) is 18.2. The van der Waals surface area contributed by atoms with E-state index in [4.69, 9.17) is 16.9 Å². The van der Waals surface area contributed by atoms with Crippen LogP contribution in [0.15, 0.2) is 55.1 Å². The van der Waals surface area contributed by atoms with Gasteiger partial charge in [-0.25, -0.2) is 9.67 Å². The number of hydrogen-bond acceptors (Lipinski definition) is 6. The van der Waals surface area contributed by atoms with E-state index in [0.717, 1.165) is 5.69 Å². The second-order valence-electron chi connectivity index (χ2n) is 6.02. The molecule has 0 atom stereocenters. The van der Waals surface area contributed by atoms with Crippen LogP contribution in [0.2, 0.25) is 5.02 Å². The molecule has 10 heteroatoms. The van der Waals surface area contributed by atoms with Crippen LogP contribution in [0.1, 0.15) is 21.6 Å². The molecule has 0 saturated heterocycles. The Morgan fingerprint density at radius 2 is 1.86 bits per heavy atom. The summed E-state index contributed by atoms with van der Waals surface area (Å²) in [5.41, 5.74) is 2.80. The van der Waals surface area contributed by atoms with Gasteiger partial charge in [-0.05, 0) is 37.3 Å². The maximum Gasteiger partial charge on any atom is 0.259 e. The van der Waals surface area contributed by atoms with Crippen LogP contribution in [0.25, 0.3) is 11.5 Å². The number of amides is 1. The maximum absolute atomic E-state index is 12.7. The summed E-state index contributed by atoms with van der Waals surface area (Å²) in [7, 11) is 0. The van der Waals surface area contributed by atoms with Crippen molar-refractivity contribution >= 4 is 23.2 Å². The number of anilines is 1. The summed E-state index contributed by atoms with van der Waals surface area (Å²) in [5.74, 6) is 0.0182. The molecular weight excluding hydrogens is 392 g/mol. The molecule has 0 unspecified atom stereocenters. The topological polar surface area (TPSA) is 114 Å². The van der Waals surface area contributed by atoms with Crippen molar-refractivity contribution in [2.24, 2.45) is 0 Å². The zero-order valence-electron chi connectivity index (χ0n) is 15.1. The third-order valence-electron chi connectivity index (χ3n) is 4.18. The average molecular weight is 405 g/mol. The Morgan fingerprint density at radius 3 is 2.52 bits per heavy atom. The predicted octanol–water partition coefficient (Wildman–Crippen LogP) is 2.93. The standard InChI is InChI=1S/C19H13ClN8O/c1-12-16(11-25-27(12)15-4-2-13(9-21)3-5-15)19(29)26-14-8-17(20)18(22-10-14)28-23-6-7-24-28/h2-8,10-11H,1H3,(H,26,29).